The van der Waals surface area contributed by atoms with E-state index in [0.717, 1.165) is 29.8 Å². The van der Waals surface area contributed by atoms with Gasteiger partial charge in [-0.15, -0.1) is 0 Å². The lowest BCUT2D eigenvalue weighted by Gasteiger charge is -2.17. The first-order valence-corrected chi connectivity index (χ1v) is 10.1. The highest BCUT2D eigenvalue weighted by Crippen LogP contribution is 2.26. The molecular formula is C21H22ClN2O4S+. The topological polar surface area (TPSA) is 67.6 Å². The monoisotopic (exact) mass is 433 g/mol. The summed E-state index contributed by atoms with van der Waals surface area (Å²) in [5.41, 5.74) is 2.50. The molecule has 0 atom stereocenters. The molecule has 6 nitrogen and oxygen atoms in total. The molecule has 0 saturated heterocycles. The maximum absolute atomic E-state index is 12.3. The zero-order valence-electron chi connectivity index (χ0n) is 15.8. The van der Waals surface area contributed by atoms with E-state index in [0.29, 0.717) is 30.0 Å². The SMILES string of the molecule is O=C1CCc2cc(OCCCC=[N+](CC(=O)c3ccc(Cl)cc3)OS)ccc2N1. The van der Waals surface area contributed by atoms with E-state index in [4.69, 9.17) is 20.6 Å². The molecule has 0 spiro atoms. The van der Waals surface area contributed by atoms with Gasteiger partial charge in [-0.2, -0.15) is 0 Å². The molecule has 1 aliphatic rings. The second-order valence-electron chi connectivity index (χ2n) is 6.63. The number of unbranched alkanes of at least 4 members (excludes halogenated alkanes) is 1. The second-order valence-corrected chi connectivity index (χ2v) is 7.23. The van der Waals surface area contributed by atoms with Crippen LogP contribution in [0.15, 0.2) is 42.5 Å². The van der Waals surface area contributed by atoms with Crippen LogP contribution in [-0.2, 0) is 15.5 Å². The number of hydrogen-bond donors (Lipinski definition) is 2. The minimum atomic E-state index is -0.0932. The largest absolute Gasteiger partial charge is 0.494 e. The molecule has 1 heterocycles. The van der Waals surface area contributed by atoms with E-state index in [1.54, 1.807) is 30.5 Å². The van der Waals surface area contributed by atoms with Crippen molar-refractivity contribution in [3.63, 3.8) is 0 Å². The van der Waals surface area contributed by atoms with Gasteiger partial charge < -0.3 is 10.1 Å². The number of carbonyl (C=O) groups excluding carboxylic acids is 2. The van der Waals surface area contributed by atoms with Crippen LogP contribution in [0.3, 0.4) is 0 Å². The number of aryl methyl sites for hydroxylation is 1. The number of nitrogens with zero attached hydrogens (tertiary/aromatic N) is 1. The van der Waals surface area contributed by atoms with Gasteiger partial charge in [0, 0.05) is 29.1 Å². The third-order valence-corrected chi connectivity index (χ3v) is 4.95. The number of ether oxygens (including phenoxy) is 1. The summed E-state index contributed by atoms with van der Waals surface area (Å²) in [4.78, 5) is 23.7. The zero-order chi connectivity index (χ0) is 20.6. The van der Waals surface area contributed by atoms with Crippen molar-refractivity contribution in [2.75, 3.05) is 18.5 Å². The van der Waals surface area contributed by atoms with Gasteiger partial charge in [0.1, 0.15) is 18.7 Å². The highest BCUT2D eigenvalue weighted by atomic mass is 35.5. The first-order chi connectivity index (χ1) is 14.0. The van der Waals surface area contributed by atoms with Crippen LogP contribution < -0.4 is 10.1 Å². The number of ketones is 1. The van der Waals surface area contributed by atoms with Gasteiger partial charge in [-0.3, -0.25) is 9.59 Å². The average molecular weight is 434 g/mol. The Morgan fingerprint density at radius 1 is 1.21 bits per heavy atom. The third-order valence-electron chi connectivity index (χ3n) is 4.49. The number of hydrogen-bond acceptors (Lipinski definition) is 5. The van der Waals surface area contributed by atoms with E-state index in [9.17, 15) is 9.59 Å². The van der Waals surface area contributed by atoms with Crippen LogP contribution in [0, 0.1) is 0 Å². The standard InChI is InChI=1S/C21H21ClN2O4S/c22-17-6-3-15(4-7-17)20(25)14-24(28-29)11-1-2-12-27-18-8-9-19-16(13-18)5-10-21(26)23-19/h3-4,6-9,11,13H,1-2,5,10,12,14H2,(H-,23,26,29)/p+1. The fraction of sp³-hybridized carbons (Fsp3) is 0.286. The smallest absolute Gasteiger partial charge is 0.256 e. The van der Waals surface area contributed by atoms with Crippen molar-refractivity contribution in [3.05, 3.63) is 58.6 Å². The number of carbonyl (C=O) groups is 2. The molecule has 8 heteroatoms. The van der Waals surface area contributed by atoms with E-state index in [-0.39, 0.29) is 18.2 Å². The minimum Gasteiger partial charge on any atom is -0.494 e. The summed E-state index contributed by atoms with van der Waals surface area (Å²) < 4.78 is 12.1. The van der Waals surface area contributed by atoms with Crippen molar-refractivity contribution in [1.29, 1.82) is 0 Å². The lowest BCUT2D eigenvalue weighted by atomic mass is 10.0. The quantitative estimate of drug-likeness (QED) is 0.119. The van der Waals surface area contributed by atoms with Crippen LogP contribution in [0.1, 0.15) is 35.2 Å². The number of nitrogens with one attached hydrogen (secondary N) is 1. The normalized spacial score (nSPS) is 13.4. The lowest BCUT2D eigenvalue weighted by molar-refractivity contribution is -0.728. The van der Waals surface area contributed by atoms with Gasteiger partial charge >= 0.3 is 0 Å². The molecule has 3 rings (SSSR count). The van der Waals surface area contributed by atoms with Crippen molar-refractivity contribution < 1.29 is 23.3 Å². The maximum atomic E-state index is 12.3. The Morgan fingerprint density at radius 3 is 2.76 bits per heavy atom. The number of hydroxylamine groups is 1. The number of rotatable bonds is 9. The van der Waals surface area contributed by atoms with Crippen LogP contribution in [0.25, 0.3) is 0 Å². The summed E-state index contributed by atoms with van der Waals surface area (Å²) in [6.45, 7) is 0.579. The summed E-state index contributed by atoms with van der Waals surface area (Å²) >= 11 is 9.65. The first-order valence-electron chi connectivity index (χ1n) is 9.31. The second kappa shape index (κ2) is 10.3. The Bertz CT molecular complexity index is 915. The number of amides is 1. The van der Waals surface area contributed by atoms with Gasteiger partial charge in [-0.05, 0) is 65.6 Å². The molecule has 1 N–H and O–H groups in total. The lowest BCUT2D eigenvalue weighted by Crippen LogP contribution is -2.20. The molecule has 0 bridgehead atoms. The Labute approximate surface area is 180 Å². The molecule has 29 heavy (non-hydrogen) atoms. The summed E-state index contributed by atoms with van der Waals surface area (Å²) in [5.74, 6) is 0.733. The molecule has 1 amide bonds. The van der Waals surface area contributed by atoms with Crippen molar-refractivity contribution in [3.8, 4) is 5.75 Å². The van der Waals surface area contributed by atoms with Gasteiger partial charge in [-0.1, -0.05) is 11.6 Å². The van der Waals surface area contributed by atoms with Gasteiger partial charge in [0.15, 0.2) is 6.21 Å². The molecule has 0 saturated carbocycles. The highest BCUT2D eigenvalue weighted by Gasteiger charge is 2.16. The summed E-state index contributed by atoms with van der Waals surface area (Å²) in [6, 6.07) is 12.4. The van der Waals surface area contributed by atoms with Crippen LogP contribution in [-0.4, -0.2) is 35.8 Å². The Morgan fingerprint density at radius 2 is 2.00 bits per heavy atom. The van der Waals surface area contributed by atoms with E-state index in [1.807, 2.05) is 18.2 Å². The fourth-order valence-corrected chi connectivity index (χ4v) is 3.20. The molecule has 0 aromatic heterocycles. The third kappa shape index (κ3) is 6.24. The van der Waals surface area contributed by atoms with Gasteiger partial charge in [0.25, 0.3) is 6.54 Å². The summed E-state index contributed by atoms with van der Waals surface area (Å²) in [6.07, 6.45) is 4.40. The molecule has 0 unspecified atom stereocenters. The molecule has 0 fully saturated rings. The molecule has 2 aromatic carbocycles. The van der Waals surface area contributed by atoms with E-state index in [1.165, 1.54) is 4.74 Å². The van der Waals surface area contributed by atoms with Gasteiger partial charge in [0.05, 0.1) is 6.61 Å². The number of halogens is 1. The molecule has 1 aliphatic heterocycles. The zero-order valence-corrected chi connectivity index (χ0v) is 17.4. The molecule has 2 aromatic rings. The first kappa shape index (κ1) is 21.2. The number of Topliss-reactive ketones (excluding diaryl/α,β-unsaturated/α-hetero) is 1. The Hall–Kier alpha value is -2.51. The molecule has 152 valence electrons. The Kier molecular flexibility index (Phi) is 7.55. The Balaban J connectivity index is 1.44. The van der Waals surface area contributed by atoms with Crippen molar-refractivity contribution in [2.45, 2.75) is 25.7 Å². The predicted octanol–water partition coefficient (Wildman–Crippen LogP) is 4.13. The number of fused-ring (bicyclic) bond motifs is 1. The minimum absolute atomic E-state index is 0.0483. The van der Waals surface area contributed by atoms with Gasteiger partial charge in [0.2, 0.25) is 11.7 Å². The van der Waals surface area contributed by atoms with E-state index in [2.05, 4.69) is 18.2 Å². The predicted molar refractivity (Wildman–Crippen MR) is 115 cm³/mol. The highest BCUT2D eigenvalue weighted by molar-refractivity contribution is 7.74. The number of thiol groups is 1. The van der Waals surface area contributed by atoms with Crippen LogP contribution in [0.4, 0.5) is 5.69 Å². The summed E-state index contributed by atoms with van der Waals surface area (Å²) in [5, 5.41) is 3.43. The molecule has 0 aliphatic carbocycles. The van der Waals surface area contributed by atoms with Crippen LogP contribution in [0.2, 0.25) is 5.02 Å². The number of benzene rings is 2. The van der Waals surface area contributed by atoms with E-state index < -0.39 is 0 Å². The van der Waals surface area contributed by atoms with E-state index >= 15 is 0 Å². The number of anilines is 1. The van der Waals surface area contributed by atoms with Crippen molar-refractivity contribution in [2.24, 2.45) is 0 Å². The van der Waals surface area contributed by atoms with Crippen LogP contribution >= 0.6 is 24.5 Å². The molecule has 0 radical (unpaired) electrons. The summed E-state index contributed by atoms with van der Waals surface area (Å²) in [7, 11) is 0. The van der Waals surface area contributed by atoms with Crippen molar-refractivity contribution in [1.82, 2.24) is 0 Å². The average Bonchev–Trinajstić information content (AvgIpc) is 2.73. The molecular weight excluding hydrogens is 412 g/mol. The van der Waals surface area contributed by atoms with Gasteiger partial charge in [-0.25, -0.2) is 4.28 Å². The van der Waals surface area contributed by atoms with Crippen LogP contribution in [0.5, 0.6) is 5.75 Å². The fourth-order valence-electron chi connectivity index (χ4n) is 2.95. The maximum Gasteiger partial charge on any atom is 0.256 e. The van der Waals surface area contributed by atoms with Crippen molar-refractivity contribution >= 4 is 48.1 Å².